The van der Waals surface area contributed by atoms with Crippen molar-refractivity contribution >= 4 is 5.91 Å². The molecular weight excluding hydrogens is 564 g/mol. The Morgan fingerprint density at radius 1 is 0.956 bits per heavy atom. The highest BCUT2D eigenvalue weighted by Crippen LogP contribution is 2.34. The summed E-state index contributed by atoms with van der Waals surface area (Å²) in [5.41, 5.74) is 7.59. The Bertz CT molecular complexity index is 1860. The third kappa shape index (κ3) is 6.75. The molecule has 45 heavy (non-hydrogen) atoms. The molecular formula is C35H36N8O2. The minimum Gasteiger partial charge on any atom is -0.359 e. The first-order valence-corrected chi connectivity index (χ1v) is 15.3. The predicted octanol–water partition coefficient (Wildman–Crippen LogP) is 6.83. The van der Waals surface area contributed by atoms with Crippen LogP contribution in [0.15, 0.2) is 89.6 Å². The van der Waals surface area contributed by atoms with E-state index in [1.165, 1.54) is 0 Å². The number of hydrogen-bond acceptors (Lipinski definition) is 7. The fraction of sp³-hybridized carbons (Fsp3) is 0.257. The van der Waals surface area contributed by atoms with Crippen LogP contribution >= 0.6 is 0 Å². The van der Waals surface area contributed by atoms with Crippen molar-refractivity contribution in [1.29, 1.82) is 0 Å². The smallest absolute Gasteiger partial charge is 0.269 e. The first-order valence-electron chi connectivity index (χ1n) is 15.3. The quantitative estimate of drug-likeness (QED) is 0.158. The first kappa shape index (κ1) is 29.7. The molecule has 0 spiro atoms. The molecule has 3 aromatic heterocycles. The molecule has 6 aromatic rings. The maximum Gasteiger partial charge on any atom is 0.269 e. The summed E-state index contributed by atoms with van der Waals surface area (Å²) in [5.74, 6) is 2.10. The number of amides is 1. The molecule has 228 valence electrons. The average Bonchev–Trinajstić information content (AvgIpc) is 3.85. The molecule has 0 aliphatic carbocycles. The van der Waals surface area contributed by atoms with Crippen LogP contribution in [0.4, 0.5) is 0 Å². The number of carbonyl (C=O) groups excluding carboxylic acids is 1. The second kappa shape index (κ2) is 13.5. The van der Waals surface area contributed by atoms with Gasteiger partial charge in [0.05, 0.1) is 18.4 Å². The van der Waals surface area contributed by atoms with Crippen molar-refractivity contribution in [3.63, 3.8) is 0 Å². The van der Waals surface area contributed by atoms with Crippen molar-refractivity contribution in [2.75, 3.05) is 0 Å². The fourth-order valence-electron chi connectivity index (χ4n) is 5.28. The van der Waals surface area contributed by atoms with E-state index in [4.69, 9.17) is 4.52 Å². The van der Waals surface area contributed by atoms with Crippen molar-refractivity contribution in [1.82, 2.24) is 40.6 Å². The zero-order valence-electron chi connectivity index (χ0n) is 25.7. The van der Waals surface area contributed by atoms with E-state index in [-0.39, 0.29) is 18.4 Å². The molecule has 0 fully saturated rings. The molecule has 6 rings (SSSR count). The van der Waals surface area contributed by atoms with Crippen LogP contribution in [-0.2, 0) is 19.5 Å². The minimum absolute atomic E-state index is 0.202. The predicted molar refractivity (Wildman–Crippen MR) is 172 cm³/mol. The molecule has 0 bridgehead atoms. The van der Waals surface area contributed by atoms with Crippen LogP contribution in [0.25, 0.3) is 33.6 Å². The van der Waals surface area contributed by atoms with E-state index >= 15 is 0 Å². The molecule has 0 saturated carbocycles. The van der Waals surface area contributed by atoms with Gasteiger partial charge in [0.15, 0.2) is 5.76 Å². The molecule has 0 saturated heterocycles. The topological polar surface area (TPSA) is 127 Å². The van der Waals surface area contributed by atoms with Gasteiger partial charge in [-0.3, -0.25) is 4.79 Å². The first-order chi connectivity index (χ1) is 22.0. The summed E-state index contributed by atoms with van der Waals surface area (Å²) in [4.78, 5) is 18.0. The highest BCUT2D eigenvalue weighted by atomic mass is 16.5. The number of unbranched alkanes of at least 4 members (excludes halogenated alkanes) is 1. The van der Waals surface area contributed by atoms with Crippen molar-refractivity contribution in [2.45, 2.75) is 59.0 Å². The number of nitrogens with zero attached hydrogens (tertiary/aromatic N) is 6. The lowest BCUT2D eigenvalue weighted by atomic mass is 9.93. The zero-order chi connectivity index (χ0) is 31.2. The van der Waals surface area contributed by atoms with Gasteiger partial charge in [-0.2, -0.15) is 5.21 Å². The summed E-state index contributed by atoms with van der Waals surface area (Å²) < 4.78 is 7.42. The van der Waals surface area contributed by atoms with E-state index in [2.05, 4.69) is 105 Å². The van der Waals surface area contributed by atoms with Crippen molar-refractivity contribution in [3.05, 3.63) is 114 Å². The zero-order valence-corrected chi connectivity index (χ0v) is 25.7. The van der Waals surface area contributed by atoms with E-state index in [0.717, 1.165) is 64.2 Å². The molecule has 1 amide bonds. The molecule has 3 aromatic carbocycles. The third-order valence-corrected chi connectivity index (χ3v) is 7.84. The molecule has 0 atom stereocenters. The number of tetrazole rings is 1. The number of H-pyrrole nitrogens is 1. The summed E-state index contributed by atoms with van der Waals surface area (Å²) in [6.07, 6.45) is 4.49. The van der Waals surface area contributed by atoms with Crippen molar-refractivity contribution in [3.8, 4) is 33.6 Å². The number of aromatic nitrogens is 7. The third-order valence-electron chi connectivity index (χ3n) is 7.84. The number of benzene rings is 3. The minimum atomic E-state index is -0.202. The van der Waals surface area contributed by atoms with Crippen LogP contribution in [0.3, 0.4) is 0 Å². The maximum atomic E-state index is 13.3. The number of aryl methyl sites for hydroxylation is 1. The molecule has 0 radical (unpaired) electrons. The van der Waals surface area contributed by atoms with E-state index in [1.807, 2.05) is 34.9 Å². The number of nitrogens with one attached hydrogen (secondary N) is 2. The number of carbonyl (C=O) groups is 1. The highest BCUT2D eigenvalue weighted by molar-refractivity contribution is 5.92. The summed E-state index contributed by atoms with van der Waals surface area (Å²) in [6, 6.07) is 26.8. The average molecular weight is 601 g/mol. The van der Waals surface area contributed by atoms with Crippen LogP contribution < -0.4 is 5.32 Å². The van der Waals surface area contributed by atoms with E-state index < -0.39 is 0 Å². The van der Waals surface area contributed by atoms with Crippen LogP contribution in [-0.4, -0.2) is 41.2 Å². The monoisotopic (exact) mass is 600 g/mol. The number of imidazole rings is 1. The maximum absolute atomic E-state index is 13.3. The van der Waals surface area contributed by atoms with Gasteiger partial charge < -0.3 is 14.4 Å². The van der Waals surface area contributed by atoms with Crippen LogP contribution in [0.2, 0.25) is 0 Å². The summed E-state index contributed by atoms with van der Waals surface area (Å²) >= 11 is 0. The van der Waals surface area contributed by atoms with E-state index in [9.17, 15) is 4.79 Å². The van der Waals surface area contributed by atoms with Gasteiger partial charge in [-0.1, -0.05) is 93.0 Å². The Kier molecular flexibility index (Phi) is 8.91. The number of aromatic amines is 1. The highest BCUT2D eigenvalue weighted by Gasteiger charge is 2.19. The molecule has 2 N–H and O–H groups in total. The largest absolute Gasteiger partial charge is 0.359 e. The fourth-order valence-corrected chi connectivity index (χ4v) is 5.28. The Morgan fingerprint density at radius 3 is 2.47 bits per heavy atom. The lowest BCUT2D eigenvalue weighted by Crippen LogP contribution is -2.26. The van der Waals surface area contributed by atoms with Crippen molar-refractivity contribution < 1.29 is 9.32 Å². The van der Waals surface area contributed by atoms with Crippen LogP contribution in [0.5, 0.6) is 0 Å². The lowest BCUT2D eigenvalue weighted by molar-refractivity contribution is 0.0937. The van der Waals surface area contributed by atoms with Crippen LogP contribution in [0, 0.1) is 0 Å². The molecule has 0 aliphatic heterocycles. The van der Waals surface area contributed by atoms with Gasteiger partial charge in [0.25, 0.3) is 5.91 Å². The van der Waals surface area contributed by atoms with Gasteiger partial charge in [0, 0.05) is 24.6 Å². The van der Waals surface area contributed by atoms with E-state index in [1.54, 1.807) is 6.20 Å². The van der Waals surface area contributed by atoms with Gasteiger partial charge in [-0.05, 0) is 57.5 Å². The summed E-state index contributed by atoms with van der Waals surface area (Å²) in [5, 5.41) is 21.9. The molecule has 3 heterocycles. The summed E-state index contributed by atoms with van der Waals surface area (Å²) in [7, 11) is 0. The molecule has 10 heteroatoms. The van der Waals surface area contributed by atoms with Gasteiger partial charge in [-0.25, -0.2) is 4.98 Å². The number of rotatable bonds is 12. The van der Waals surface area contributed by atoms with Gasteiger partial charge >= 0.3 is 0 Å². The summed E-state index contributed by atoms with van der Waals surface area (Å²) in [6.45, 7) is 7.03. The SMILES string of the molecule is CCCCc1ncc(C(=O)NCc2cc(C(C)C)no2)n1Cc1ccc(-c2cc(-c3ccccc3)ccc2-c2nn[nH]n2)cc1. The van der Waals surface area contributed by atoms with Gasteiger partial charge in [-0.15, -0.1) is 10.2 Å². The Balaban J connectivity index is 1.26. The molecule has 10 nitrogen and oxygen atoms in total. The Morgan fingerprint density at radius 2 is 1.76 bits per heavy atom. The van der Waals surface area contributed by atoms with Crippen LogP contribution in [0.1, 0.15) is 72.9 Å². The van der Waals surface area contributed by atoms with E-state index in [0.29, 0.717) is 23.8 Å². The Labute approximate surface area is 261 Å². The van der Waals surface area contributed by atoms with Gasteiger partial charge in [0.1, 0.15) is 11.5 Å². The lowest BCUT2D eigenvalue weighted by Gasteiger charge is -2.14. The standard InChI is InChI=1S/C35H36N8O2/c1-4-5-11-33-36-21-32(35(44)37-20-28-19-31(23(2)3)40-45-28)43(33)22-24-12-14-26(15-13-24)30-18-27(25-9-7-6-8-10-25)16-17-29(30)34-38-41-42-39-34/h6-10,12-19,21,23H,4-5,11,20,22H2,1-3H3,(H,37,44)(H,38,39,41,42). The van der Waals surface area contributed by atoms with Crippen molar-refractivity contribution in [2.24, 2.45) is 0 Å². The Hall–Kier alpha value is -5.38. The second-order valence-corrected chi connectivity index (χ2v) is 11.4. The molecule has 0 aliphatic rings. The van der Waals surface area contributed by atoms with Gasteiger partial charge in [0.2, 0.25) is 5.82 Å². The normalized spacial score (nSPS) is 11.3. The second-order valence-electron chi connectivity index (χ2n) is 11.4. The molecule has 0 unspecified atom stereocenters. The number of hydrogen-bond donors (Lipinski definition) is 2.